The second kappa shape index (κ2) is 9.56. The van der Waals surface area contributed by atoms with Crippen molar-refractivity contribution < 1.29 is 25.2 Å². The van der Waals surface area contributed by atoms with Crippen molar-refractivity contribution >= 4 is 43.4 Å². The van der Waals surface area contributed by atoms with Crippen LogP contribution in [-0.4, -0.2) is 30.0 Å². The maximum Gasteiger partial charge on any atom is 0.297 e. The van der Waals surface area contributed by atoms with Gasteiger partial charge in [-0.1, -0.05) is 49.2 Å². The molecular weight excluding hydrogens is 447 g/mol. The third kappa shape index (κ3) is 5.46. The first-order valence-corrected chi connectivity index (χ1v) is 12.1. The van der Waals surface area contributed by atoms with E-state index in [9.17, 15) is 16.8 Å². The summed E-state index contributed by atoms with van der Waals surface area (Å²) in [6.07, 6.45) is 0.973. The van der Waals surface area contributed by atoms with Gasteiger partial charge in [-0.05, 0) is 37.1 Å². The smallest absolute Gasteiger partial charge is 0.266 e. The molecule has 0 radical (unpaired) electrons. The normalized spacial score (nSPS) is 12.3. The highest BCUT2D eigenvalue weighted by Gasteiger charge is 2.27. The van der Waals surface area contributed by atoms with Gasteiger partial charge in [0, 0.05) is 21.2 Å². The van der Waals surface area contributed by atoms with Crippen molar-refractivity contribution in [3.63, 3.8) is 0 Å². The number of halogens is 2. The lowest BCUT2D eigenvalue weighted by molar-refractivity contribution is 0.317. The molecule has 0 spiro atoms. The van der Waals surface area contributed by atoms with Gasteiger partial charge in [0.2, 0.25) is 0 Å². The van der Waals surface area contributed by atoms with E-state index in [-0.39, 0.29) is 44.2 Å². The second-order valence-corrected chi connectivity index (χ2v) is 9.87. The standard InChI is InChI=1S/C18H20Cl2O6S2/c1-3-9-25-27(21,22)17-11-13(19)5-7-15(17)16-8-6-14(20)12-18(16)28(23,24)26-10-4-2/h5-8,11-12H,3-4,9-10H2,1-2H3. The molecule has 0 fully saturated rings. The van der Waals surface area contributed by atoms with Crippen molar-refractivity contribution in [3.05, 3.63) is 46.4 Å². The van der Waals surface area contributed by atoms with Crippen LogP contribution in [0.2, 0.25) is 10.0 Å². The average Bonchev–Trinajstić information content (AvgIpc) is 2.65. The largest absolute Gasteiger partial charge is 0.297 e. The number of hydrogen-bond donors (Lipinski definition) is 0. The first-order chi connectivity index (χ1) is 13.1. The minimum atomic E-state index is -4.17. The summed E-state index contributed by atoms with van der Waals surface area (Å²) in [5.41, 5.74) is 0.242. The van der Waals surface area contributed by atoms with Crippen LogP contribution in [0.5, 0.6) is 0 Å². The highest BCUT2D eigenvalue weighted by atomic mass is 35.5. The molecule has 0 heterocycles. The summed E-state index contributed by atoms with van der Waals surface area (Å²) >= 11 is 12.0. The Morgan fingerprint density at radius 2 is 1.07 bits per heavy atom. The molecular formula is C18H20Cl2O6S2. The predicted molar refractivity (Wildman–Crippen MR) is 109 cm³/mol. The average molecular weight is 467 g/mol. The van der Waals surface area contributed by atoms with Gasteiger partial charge in [-0.2, -0.15) is 16.8 Å². The zero-order chi connectivity index (χ0) is 20.9. The summed E-state index contributed by atoms with van der Waals surface area (Å²) in [6, 6.07) is 8.22. The van der Waals surface area contributed by atoms with Gasteiger partial charge in [-0.25, -0.2) is 0 Å². The topological polar surface area (TPSA) is 86.7 Å². The van der Waals surface area contributed by atoms with Gasteiger partial charge in [0.25, 0.3) is 20.2 Å². The van der Waals surface area contributed by atoms with E-state index in [1.807, 2.05) is 0 Å². The fourth-order valence-electron chi connectivity index (χ4n) is 2.36. The van der Waals surface area contributed by atoms with Crippen molar-refractivity contribution in [3.8, 4) is 11.1 Å². The Morgan fingerprint density at radius 1 is 0.714 bits per heavy atom. The van der Waals surface area contributed by atoms with Crippen LogP contribution in [-0.2, 0) is 28.6 Å². The van der Waals surface area contributed by atoms with E-state index < -0.39 is 20.2 Å². The van der Waals surface area contributed by atoms with Gasteiger partial charge in [0.1, 0.15) is 9.79 Å². The summed E-state index contributed by atoms with van der Waals surface area (Å²) in [5, 5.41) is 0.339. The molecule has 0 unspecified atom stereocenters. The van der Waals surface area contributed by atoms with Crippen molar-refractivity contribution in [2.45, 2.75) is 36.5 Å². The summed E-state index contributed by atoms with van der Waals surface area (Å²) in [4.78, 5) is -0.467. The molecule has 2 rings (SSSR count). The van der Waals surface area contributed by atoms with E-state index in [0.29, 0.717) is 12.8 Å². The molecule has 0 saturated heterocycles. The monoisotopic (exact) mass is 466 g/mol. The molecule has 0 aliphatic heterocycles. The lowest BCUT2D eigenvalue weighted by atomic mass is 10.1. The van der Waals surface area contributed by atoms with Crippen LogP contribution < -0.4 is 0 Å². The molecule has 0 N–H and O–H groups in total. The molecule has 0 bridgehead atoms. The van der Waals surface area contributed by atoms with Crippen LogP contribution in [0.3, 0.4) is 0 Å². The molecule has 154 valence electrons. The molecule has 2 aromatic carbocycles. The van der Waals surface area contributed by atoms with Gasteiger partial charge in [0.05, 0.1) is 13.2 Å². The highest BCUT2D eigenvalue weighted by molar-refractivity contribution is 7.87. The first kappa shape index (κ1) is 23.1. The molecule has 28 heavy (non-hydrogen) atoms. The zero-order valence-electron chi connectivity index (χ0n) is 15.3. The SMILES string of the molecule is CCCOS(=O)(=O)c1cc(Cl)ccc1-c1ccc(Cl)cc1S(=O)(=O)OCCC. The van der Waals surface area contributed by atoms with Gasteiger partial charge < -0.3 is 0 Å². The van der Waals surface area contributed by atoms with E-state index in [1.54, 1.807) is 13.8 Å². The Labute approximate surface area is 175 Å². The summed E-state index contributed by atoms with van der Waals surface area (Å²) in [6.45, 7) is 3.51. The molecule has 6 nitrogen and oxygen atoms in total. The molecule has 2 aromatic rings. The van der Waals surface area contributed by atoms with Gasteiger partial charge in [-0.15, -0.1) is 0 Å². The Bertz CT molecular complexity index is 964. The minimum Gasteiger partial charge on any atom is -0.266 e. The number of benzene rings is 2. The van der Waals surface area contributed by atoms with Crippen LogP contribution in [0.25, 0.3) is 11.1 Å². The van der Waals surface area contributed by atoms with Gasteiger partial charge in [-0.3, -0.25) is 8.37 Å². The van der Waals surface area contributed by atoms with Crippen molar-refractivity contribution in [1.82, 2.24) is 0 Å². The van der Waals surface area contributed by atoms with E-state index in [0.717, 1.165) is 0 Å². The third-order valence-electron chi connectivity index (χ3n) is 3.60. The number of hydrogen-bond acceptors (Lipinski definition) is 6. The summed E-state index contributed by atoms with van der Waals surface area (Å²) < 4.78 is 60.6. The maximum absolute atomic E-state index is 12.6. The first-order valence-electron chi connectivity index (χ1n) is 8.50. The molecule has 0 aliphatic rings. The van der Waals surface area contributed by atoms with E-state index in [1.165, 1.54) is 36.4 Å². The molecule has 0 atom stereocenters. The van der Waals surface area contributed by atoms with Crippen LogP contribution in [0.1, 0.15) is 26.7 Å². The quantitative estimate of drug-likeness (QED) is 0.488. The van der Waals surface area contributed by atoms with Crippen LogP contribution in [0.4, 0.5) is 0 Å². The van der Waals surface area contributed by atoms with Crippen molar-refractivity contribution in [2.75, 3.05) is 13.2 Å². The Morgan fingerprint density at radius 3 is 1.39 bits per heavy atom. The second-order valence-electron chi connectivity index (χ2n) is 5.83. The van der Waals surface area contributed by atoms with Crippen LogP contribution in [0, 0.1) is 0 Å². The molecule has 0 saturated carbocycles. The lowest BCUT2D eigenvalue weighted by Crippen LogP contribution is -2.11. The molecule has 0 amide bonds. The van der Waals surface area contributed by atoms with Crippen molar-refractivity contribution in [1.29, 1.82) is 0 Å². The van der Waals surface area contributed by atoms with Crippen molar-refractivity contribution in [2.24, 2.45) is 0 Å². The van der Waals surface area contributed by atoms with Gasteiger partial charge >= 0.3 is 0 Å². The molecule has 10 heteroatoms. The fraction of sp³-hybridized carbons (Fsp3) is 0.333. The van der Waals surface area contributed by atoms with E-state index >= 15 is 0 Å². The minimum absolute atomic E-state index is 0.0142. The maximum atomic E-state index is 12.6. The van der Waals surface area contributed by atoms with E-state index in [2.05, 4.69) is 0 Å². The zero-order valence-corrected chi connectivity index (χ0v) is 18.5. The summed E-state index contributed by atoms with van der Waals surface area (Å²) in [7, 11) is -8.33. The lowest BCUT2D eigenvalue weighted by Gasteiger charge is -2.15. The van der Waals surface area contributed by atoms with Crippen LogP contribution >= 0.6 is 23.2 Å². The summed E-state index contributed by atoms with van der Waals surface area (Å²) in [5.74, 6) is 0. The Balaban J connectivity index is 2.73. The highest BCUT2D eigenvalue weighted by Crippen LogP contribution is 2.36. The predicted octanol–water partition coefficient (Wildman–Crippen LogP) is 4.89. The molecule has 0 aromatic heterocycles. The Hall–Kier alpha value is -1.16. The van der Waals surface area contributed by atoms with E-state index in [4.69, 9.17) is 31.6 Å². The fourth-order valence-corrected chi connectivity index (χ4v) is 5.30. The molecule has 0 aliphatic carbocycles. The Kier molecular flexibility index (Phi) is 7.89. The van der Waals surface area contributed by atoms with Crippen LogP contribution in [0.15, 0.2) is 46.2 Å². The third-order valence-corrected chi connectivity index (χ3v) is 6.78. The van der Waals surface area contributed by atoms with Gasteiger partial charge in [0.15, 0.2) is 0 Å². The number of rotatable bonds is 9.